The van der Waals surface area contributed by atoms with Gasteiger partial charge in [-0.1, -0.05) is 25.3 Å². The fourth-order valence-electron chi connectivity index (χ4n) is 4.90. The number of H-pyrrole nitrogens is 1. The second-order valence-corrected chi connectivity index (χ2v) is 8.37. The number of rotatable bonds is 3. The number of aromatic nitrogens is 3. The number of benzene rings is 1. The molecule has 29 heavy (non-hydrogen) atoms. The molecule has 1 saturated carbocycles. The van der Waals surface area contributed by atoms with E-state index in [4.69, 9.17) is 5.10 Å². The van der Waals surface area contributed by atoms with Crippen LogP contribution in [0.3, 0.4) is 0 Å². The number of hydrogen-bond acceptors (Lipinski definition) is 4. The summed E-state index contributed by atoms with van der Waals surface area (Å²) >= 11 is 0. The van der Waals surface area contributed by atoms with Crippen LogP contribution in [0, 0.1) is 5.92 Å². The molecule has 1 aliphatic heterocycles. The van der Waals surface area contributed by atoms with E-state index in [1.54, 1.807) is 6.07 Å². The highest BCUT2D eigenvalue weighted by Crippen LogP contribution is 2.31. The van der Waals surface area contributed by atoms with Crippen LogP contribution < -0.4 is 16.2 Å². The second kappa shape index (κ2) is 7.63. The maximum atomic E-state index is 12.8. The van der Waals surface area contributed by atoms with E-state index in [1.165, 1.54) is 6.42 Å². The van der Waals surface area contributed by atoms with Crippen LogP contribution in [0.2, 0.25) is 0 Å². The van der Waals surface area contributed by atoms with Gasteiger partial charge in [0.25, 0.3) is 5.56 Å². The number of hydrogen-bond donors (Lipinski definition) is 3. The third-order valence-electron chi connectivity index (χ3n) is 6.46. The van der Waals surface area contributed by atoms with Crippen molar-refractivity contribution in [1.82, 2.24) is 19.9 Å². The summed E-state index contributed by atoms with van der Waals surface area (Å²) in [6.07, 6.45) is 7.33. The number of carbonyl (C=O) groups excluding carboxylic acids is 1. The molecule has 1 saturated heterocycles. The van der Waals surface area contributed by atoms with Crippen LogP contribution in [0.25, 0.3) is 16.6 Å². The molecule has 3 heterocycles. The van der Waals surface area contributed by atoms with E-state index in [-0.39, 0.29) is 17.4 Å². The number of anilines is 1. The molecule has 1 aliphatic carbocycles. The van der Waals surface area contributed by atoms with Gasteiger partial charge in [0.2, 0.25) is 5.91 Å². The highest BCUT2D eigenvalue weighted by atomic mass is 16.2. The summed E-state index contributed by atoms with van der Waals surface area (Å²) < 4.78 is 1.87. The Hall–Kier alpha value is -2.67. The molecular formula is C22H27N5O2. The van der Waals surface area contributed by atoms with Gasteiger partial charge >= 0.3 is 0 Å². The van der Waals surface area contributed by atoms with Crippen molar-refractivity contribution in [2.75, 3.05) is 18.4 Å². The summed E-state index contributed by atoms with van der Waals surface area (Å²) in [6, 6.07) is 7.42. The summed E-state index contributed by atoms with van der Waals surface area (Å²) in [5.41, 5.74) is 3.00. The van der Waals surface area contributed by atoms with Crippen molar-refractivity contribution in [3.05, 3.63) is 40.3 Å². The monoisotopic (exact) mass is 393 g/mol. The lowest BCUT2D eigenvalue weighted by Crippen LogP contribution is -2.28. The molecular weight excluding hydrogens is 366 g/mol. The van der Waals surface area contributed by atoms with Crippen molar-refractivity contribution in [3.63, 3.8) is 0 Å². The van der Waals surface area contributed by atoms with E-state index in [2.05, 4.69) is 15.6 Å². The number of nitrogens with one attached hydrogen (secondary N) is 3. The molecule has 2 aromatic heterocycles. The summed E-state index contributed by atoms with van der Waals surface area (Å²) in [6.45, 7) is 1.89. The minimum absolute atomic E-state index is 0.0743. The predicted molar refractivity (Wildman–Crippen MR) is 113 cm³/mol. The summed E-state index contributed by atoms with van der Waals surface area (Å²) in [7, 11) is 0. The number of piperidine rings is 1. The standard InChI is InChI=1S/C22H27N5O2/c28-19-13-18(14-9-11-23-12-10-14)27-21(25-19)20-16(7-4-8-17(20)26-27)24-22(29)15-5-2-1-3-6-15/h4,7-8,13-15,23H,1-3,5-6,9-12H2,(H,24,29)(H,25,28). The zero-order chi connectivity index (χ0) is 19.8. The second-order valence-electron chi connectivity index (χ2n) is 8.37. The third-order valence-corrected chi connectivity index (χ3v) is 6.46. The fraction of sp³-hybridized carbons (Fsp3) is 0.500. The van der Waals surface area contributed by atoms with Crippen LogP contribution in [0.1, 0.15) is 56.6 Å². The zero-order valence-corrected chi connectivity index (χ0v) is 16.5. The normalized spacial score (nSPS) is 19.0. The Morgan fingerprint density at radius 2 is 1.90 bits per heavy atom. The van der Waals surface area contributed by atoms with Crippen LogP contribution in [0.15, 0.2) is 29.1 Å². The quantitative estimate of drug-likeness (QED) is 0.637. The van der Waals surface area contributed by atoms with Crippen molar-refractivity contribution < 1.29 is 4.79 Å². The Balaban J connectivity index is 1.59. The maximum absolute atomic E-state index is 12.8. The van der Waals surface area contributed by atoms with Crippen molar-refractivity contribution in [2.45, 2.75) is 50.9 Å². The summed E-state index contributed by atoms with van der Waals surface area (Å²) in [4.78, 5) is 28.3. The van der Waals surface area contributed by atoms with E-state index in [9.17, 15) is 9.59 Å². The molecule has 152 valence electrons. The topological polar surface area (TPSA) is 91.3 Å². The van der Waals surface area contributed by atoms with Gasteiger partial charge in [-0.2, -0.15) is 5.10 Å². The van der Waals surface area contributed by atoms with Gasteiger partial charge in [0.1, 0.15) is 5.65 Å². The molecule has 2 aliphatic rings. The number of carbonyl (C=O) groups is 1. The third kappa shape index (κ3) is 3.44. The number of amides is 1. The Morgan fingerprint density at radius 3 is 2.69 bits per heavy atom. The number of fused-ring (bicyclic) bond motifs is 3. The van der Waals surface area contributed by atoms with Crippen molar-refractivity contribution >= 4 is 28.1 Å². The first-order valence-corrected chi connectivity index (χ1v) is 10.8. The molecule has 3 N–H and O–H groups in total. The molecule has 0 unspecified atom stereocenters. The molecule has 0 bridgehead atoms. The molecule has 0 atom stereocenters. The van der Waals surface area contributed by atoms with Gasteiger partial charge in [-0.15, -0.1) is 0 Å². The molecule has 0 radical (unpaired) electrons. The number of aromatic amines is 1. The van der Waals surface area contributed by atoms with E-state index in [1.807, 2.05) is 22.7 Å². The van der Waals surface area contributed by atoms with E-state index in [0.717, 1.165) is 73.9 Å². The maximum Gasteiger partial charge on any atom is 0.251 e. The van der Waals surface area contributed by atoms with Crippen LogP contribution in [-0.2, 0) is 4.79 Å². The minimum Gasteiger partial charge on any atom is -0.325 e. The van der Waals surface area contributed by atoms with Gasteiger partial charge in [-0.05, 0) is 50.9 Å². The van der Waals surface area contributed by atoms with E-state index >= 15 is 0 Å². The van der Waals surface area contributed by atoms with Crippen LogP contribution in [0.5, 0.6) is 0 Å². The van der Waals surface area contributed by atoms with Gasteiger partial charge in [0, 0.05) is 17.9 Å². The Kier molecular flexibility index (Phi) is 4.83. The largest absolute Gasteiger partial charge is 0.325 e. The lowest BCUT2D eigenvalue weighted by molar-refractivity contribution is -0.120. The highest BCUT2D eigenvalue weighted by molar-refractivity contribution is 6.07. The van der Waals surface area contributed by atoms with E-state index < -0.39 is 0 Å². The summed E-state index contributed by atoms with van der Waals surface area (Å²) in [5, 5.41) is 12.1. The lowest BCUT2D eigenvalue weighted by atomic mass is 9.88. The molecule has 3 aromatic rings. The molecule has 2 fully saturated rings. The zero-order valence-electron chi connectivity index (χ0n) is 16.5. The van der Waals surface area contributed by atoms with Crippen LogP contribution >= 0.6 is 0 Å². The highest BCUT2D eigenvalue weighted by Gasteiger charge is 2.24. The smallest absolute Gasteiger partial charge is 0.251 e. The van der Waals surface area contributed by atoms with Gasteiger partial charge in [0.05, 0.1) is 22.3 Å². The molecule has 7 heteroatoms. The minimum atomic E-state index is -0.124. The first-order chi connectivity index (χ1) is 14.2. The van der Waals surface area contributed by atoms with Crippen molar-refractivity contribution in [2.24, 2.45) is 5.92 Å². The number of nitrogens with zero attached hydrogens (tertiary/aromatic N) is 2. The van der Waals surface area contributed by atoms with Crippen molar-refractivity contribution in [1.29, 1.82) is 0 Å². The Bertz CT molecular complexity index is 1100. The molecule has 1 aromatic carbocycles. The average Bonchev–Trinajstić information content (AvgIpc) is 3.14. The molecule has 1 amide bonds. The first kappa shape index (κ1) is 18.4. The van der Waals surface area contributed by atoms with E-state index in [0.29, 0.717) is 11.6 Å². The van der Waals surface area contributed by atoms with Gasteiger partial charge in [0.15, 0.2) is 0 Å². The fourth-order valence-corrected chi connectivity index (χ4v) is 4.90. The Morgan fingerprint density at radius 1 is 1.10 bits per heavy atom. The summed E-state index contributed by atoms with van der Waals surface area (Å²) in [5.74, 6) is 0.453. The predicted octanol–water partition coefficient (Wildman–Crippen LogP) is 3.16. The SMILES string of the molecule is O=C(Nc1cccc2nn3c(C4CCNCC4)cc(=O)[nH]c3c12)C1CCCCC1. The van der Waals surface area contributed by atoms with Gasteiger partial charge in [-0.3, -0.25) is 9.59 Å². The Labute approximate surface area is 168 Å². The van der Waals surface area contributed by atoms with Gasteiger partial charge in [-0.25, -0.2) is 4.52 Å². The molecule has 7 nitrogen and oxygen atoms in total. The molecule has 0 spiro atoms. The van der Waals surface area contributed by atoms with Crippen molar-refractivity contribution in [3.8, 4) is 0 Å². The molecule has 5 rings (SSSR count). The lowest BCUT2D eigenvalue weighted by Gasteiger charge is -2.23. The van der Waals surface area contributed by atoms with Gasteiger partial charge < -0.3 is 15.6 Å². The van der Waals surface area contributed by atoms with Crippen LogP contribution in [0.4, 0.5) is 5.69 Å². The average molecular weight is 393 g/mol. The van der Waals surface area contributed by atoms with Crippen LogP contribution in [-0.4, -0.2) is 33.6 Å². The first-order valence-electron chi connectivity index (χ1n) is 10.8.